The summed E-state index contributed by atoms with van der Waals surface area (Å²) in [6.45, 7) is -0.110. The van der Waals surface area contributed by atoms with E-state index in [0.717, 1.165) is 16.7 Å². The number of anilines is 1. The van der Waals surface area contributed by atoms with Crippen molar-refractivity contribution in [3.63, 3.8) is 0 Å². The number of benzene rings is 3. The monoisotopic (exact) mass is 454 g/mol. The summed E-state index contributed by atoms with van der Waals surface area (Å²) in [6.07, 6.45) is 0. The number of hydrogen-bond donors (Lipinski definition) is 1. The SMILES string of the molecule is O=C(COc1ccc(-c2ccccc2)cc1)Nc1nc(-c2ccc(Cl)cc2Cl)cs1. The predicted octanol–water partition coefficient (Wildman–Crippen LogP) is 6.80. The van der Waals surface area contributed by atoms with Crippen LogP contribution in [0.5, 0.6) is 5.75 Å². The quantitative estimate of drug-likeness (QED) is 0.348. The van der Waals surface area contributed by atoms with E-state index >= 15 is 0 Å². The minimum atomic E-state index is -0.287. The fourth-order valence-electron chi connectivity index (χ4n) is 2.83. The molecule has 1 N–H and O–H groups in total. The molecule has 7 heteroatoms. The third kappa shape index (κ3) is 5.00. The molecule has 3 aromatic carbocycles. The first-order valence-corrected chi connectivity index (χ1v) is 10.7. The Morgan fingerprint density at radius 1 is 0.967 bits per heavy atom. The third-order valence-corrected chi connectivity index (χ3v) is 5.59. The van der Waals surface area contributed by atoms with E-state index < -0.39 is 0 Å². The second-order valence-electron chi connectivity index (χ2n) is 6.39. The van der Waals surface area contributed by atoms with Gasteiger partial charge in [-0.3, -0.25) is 10.1 Å². The maximum Gasteiger partial charge on any atom is 0.264 e. The van der Waals surface area contributed by atoms with Crippen LogP contribution in [-0.2, 0) is 4.79 Å². The summed E-state index contributed by atoms with van der Waals surface area (Å²) in [5, 5.41) is 6.11. The molecule has 0 bridgehead atoms. The number of carbonyl (C=O) groups is 1. The summed E-state index contributed by atoms with van der Waals surface area (Å²) >= 11 is 13.5. The van der Waals surface area contributed by atoms with Gasteiger partial charge < -0.3 is 4.74 Å². The highest BCUT2D eigenvalue weighted by atomic mass is 35.5. The van der Waals surface area contributed by atoms with E-state index in [4.69, 9.17) is 27.9 Å². The van der Waals surface area contributed by atoms with Crippen molar-refractivity contribution in [2.75, 3.05) is 11.9 Å². The Balaban J connectivity index is 1.34. The van der Waals surface area contributed by atoms with E-state index in [0.29, 0.717) is 26.6 Å². The van der Waals surface area contributed by atoms with Gasteiger partial charge >= 0.3 is 0 Å². The van der Waals surface area contributed by atoms with E-state index in [1.165, 1.54) is 11.3 Å². The lowest BCUT2D eigenvalue weighted by Gasteiger charge is -2.07. The summed E-state index contributed by atoms with van der Waals surface area (Å²) in [6, 6.07) is 22.9. The van der Waals surface area contributed by atoms with Gasteiger partial charge in [-0.2, -0.15) is 0 Å². The van der Waals surface area contributed by atoms with Crippen LogP contribution in [0.2, 0.25) is 10.0 Å². The smallest absolute Gasteiger partial charge is 0.264 e. The van der Waals surface area contributed by atoms with Crippen LogP contribution in [0.15, 0.2) is 78.2 Å². The number of hydrogen-bond acceptors (Lipinski definition) is 4. The molecule has 0 aliphatic carbocycles. The van der Waals surface area contributed by atoms with Crippen LogP contribution in [0.1, 0.15) is 0 Å². The normalized spacial score (nSPS) is 10.6. The fraction of sp³-hybridized carbons (Fsp3) is 0.0435. The van der Waals surface area contributed by atoms with Crippen LogP contribution >= 0.6 is 34.5 Å². The lowest BCUT2D eigenvalue weighted by Crippen LogP contribution is -2.20. The lowest BCUT2D eigenvalue weighted by atomic mass is 10.1. The molecule has 1 heterocycles. The molecule has 0 radical (unpaired) electrons. The van der Waals surface area contributed by atoms with Crippen LogP contribution in [0.25, 0.3) is 22.4 Å². The van der Waals surface area contributed by atoms with Gasteiger partial charge in [0, 0.05) is 16.0 Å². The first kappa shape index (κ1) is 20.4. The Morgan fingerprint density at radius 3 is 2.43 bits per heavy atom. The molecule has 0 fully saturated rings. The van der Waals surface area contributed by atoms with Gasteiger partial charge in [-0.1, -0.05) is 65.7 Å². The highest BCUT2D eigenvalue weighted by molar-refractivity contribution is 7.14. The number of rotatable bonds is 6. The fourth-order valence-corrected chi connectivity index (χ4v) is 4.06. The Morgan fingerprint density at radius 2 is 1.70 bits per heavy atom. The van der Waals surface area contributed by atoms with Crippen LogP contribution in [-0.4, -0.2) is 17.5 Å². The van der Waals surface area contributed by atoms with Crippen LogP contribution in [0.3, 0.4) is 0 Å². The third-order valence-electron chi connectivity index (χ3n) is 4.29. The first-order chi connectivity index (χ1) is 14.6. The zero-order chi connectivity index (χ0) is 20.9. The number of aromatic nitrogens is 1. The van der Waals surface area contributed by atoms with E-state index in [9.17, 15) is 4.79 Å². The van der Waals surface area contributed by atoms with Crippen molar-refractivity contribution in [3.8, 4) is 28.1 Å². The molecule has 0 atom stereocenters. The summed E-state index contributed by atoms with van der Waals surface area (Å²) in [7, 11) is 0. The molecule has 4 rings (SSSR count). The summed E-state index contributed by atoms with van der Waals surface area (Å²) in [5.41, 5.74) is 3.65. The Kier molecular flexibility index (Phi) is 6.33. The highest BCUT2D eigenvalue weighted by Crippen LogP contribution is 2.32. The van der Waals surface area contributed by atoms with Gasteiger partial charge in [0.15, 0.2) is 11.7 Å². The molecule has 0 spiro atoms. The molecule has 1 aromatic heterocycles. The van der Waals surface area contributed by atoms with Crippen LogP contribution in [0.4, 0.5) is 5.13 Å². The van der Waals surface area contributed by atoms with Crippen molar-refractivity contribution >= 4 is 45.6 Å². The number of nitrogens with one attached hydrogen (secondary N) is 1. The van der Waals surface area contributed by atoms with Crippen molar-refractivity contribution in [2.24, 2.45) is 0 Å². The highest BCUT2D eigenvalue weighted by Gasteiger charge is 2.11. The van der Waals surface area contributed by atoms with Gasteiger partial charge in [0.25, 0.3) is 5.91 Å². The van der Waals surface area contributed by atoms with Crippen LogP contribution < -0.4 is 10.1 Å². The zero-order valence-corrected chi connectivity index (χ0v) is 18.0. The Bertz CT molecular complexity index is 1160. The number of nitrogens with zero attached hydrogens (tertiary/aromatic N) is 1. The second kappa shape index (κ2) is 9.30. The largest absolute Gasteiger partial charge is 0.484 e. The maximum absolute atomic E-state index is 12.2. The van der Waals surface area contributed by atoms with Gasteiger partial charge in [-0.25, -0.2) is 4.98 Å². The Hall–Kier alpha value is -2.86. The second-order valence-corrected chi connectivity index (χ2v) is 8.09. The van der Waals surface area contributed by atoms with Gasteiger partial charge in [0.05, 0.1) is 10.7 Å². The number of carbonyl (C=O) groups excluding carboxylic acids is 1. The molecule has 0 saturated carbocycles. The molecule has 0 aliphatic rings. The molecule has 30 heavy (non-hydrogen) atoms. The molecule has 0 aliphatic heterocycles. The number of thiazole rings is 1. The van der Waals surface area contributed by atoms with Crippen molar-refractivity contribution < 1.29 is 9.53 Å². The molecule has 0 unspecified atom stereocenters. The van der Waals surface area contributed by atoms with Crippen molar-refractivity contribution in [2.45, 2.75) is 0 Å². The van der Waals surface area contributed by atoms with E-state index in [-0.39, 0.29) is 12.5 Å². The summed E-state index contributed by atoms with van der Waals surface area (Å²) in [5.74, 6) is 0.336. The molecular formula is C23H16Cl2N2O2S. The van der Waals surface area contributed by atoms with Crippen LogP contribution in [0, 0.1) is 0 Å². The van der Waals surface area contributed by atoms with Gasteiger partial charge in [-0.15, -0.1) is 11.3 Å². The molecule has 150 valence electrons. The number of halogens is 2. The average Bonchev–Trinajstić information content (AvgIpc) is 3.21. The number of amides is 1. The molecule has 4 aromatic rings. The van der Waals surface area contributed by atoms with Gasteiger partial charge in [0.2, 0.25) is 0 Å². The summed E-state index contributed by atoms with van der Waals surface area (Å²) in [4.78, 5) is 16.6. The van der Waals surface area contributed by atoms with Crippen molar-refractivity contribution in [1.82, 2.24) is 4.98 Å². The molecule has 1 amide bonds. The first-order valence-electron chi connectivity index (χ1n) is 9.07. The zero-order valence-electron chi connectivity index (χ0n) is 15.6. The Labute approximate surface area is 188 Å². The maximum atomic E-state index is 12.2. The molecule has 4 nitrogen and oxygen atoms in total. The van der Waals surface area contributed by atoms with Crippen molar-refractivity contribution in [1.29, 1.82) is 0 Å². The predicted molar refractivity (Wildman–Crippen MR) is 124 cm³/mol. The van der Waals surface area contributed by atoms with E-state index in [1.54, 1.807) is 18.2 Å². The van der Waals surface area contributed by atoms with Gasteiger partial charge in [-0.05, 0) is 41.5 Å². The minimum Gasteiger partial charge on any atom is -0.484 e. The van der Waals surface area contributed by atoms with Gasteiger partial charge in [0.1, 0.15) is 5.75 Å². The van der Waals surface area contributed by atoms with E-state index in [1.807, 2.05) is 60.0 Å². The minimum absolute atomic E-state index is 0.110. The average molecular weight is 455 g/mol. The standard InChI is InChI=1S/C23H16Cl2N2O2S/c24-17-8-11-19(20(25)12-17)21-14-30-23(26-21)27-22(28)13-29-18-9-6-16(7-10-18)15-4-2-1-3-5-15/h1-12,14H,13H2,(H,26,27,28). The topological polar surface area (TPSA) is 51.2 Å². The van der Waals surface area contributed by atoms with E-state index in [2.05, 4.69) is 10.3 Å². The number of ether oxygens (including phenoxy) is 1. The summed E-state index contributed by atoms with van der Waals surface area (Å²) < 4.78 is 5.58. The molecular weight excluding hydrogens is 439 g/mol. The van der Waals surface area contributed by atoms with Crippen molar-refractivity contribution in [3.05, 3.63) is 88.2 Å². The molecule has 0 saturated heterocycles. The lowest BCUT2D eigenvalue weighted by molar-refractivity contribution is -0.118.